The number of halogens is 2. The smallest absolute Gasteiger partial charge is 0.319 e. The van der Waals surface area contributed by atoms with Crippen LogP contribution in [0.3, 0.4) is 0 Å². The normalized spacial score (nSPS) is 11.9. The fourth-order valence-electron chi connectivity index (χ4n) is 1.56. The van der Waals surface area contributed by atoms with Gasteiger partial charge in [-0.3, -0.25) is 9.36 Å². The number of carbonyl (C=O) groups is 1. The van der Waals surface area contributed by atoms with Gasteiger partial charge in [0.05, 0.1) is 12.0 Å². The Balaban J connectivity index is 2.51. The van der Waals surface area contributed by atoms with Gasteiger partial charge in [0.1, 0.15) is 5.82 Å². The molecule has 0 atom stereocenters. The lowest BCUT2D eigenvalue weighted by atomic mass is 9.92. The number of nitrogens with zero attached hydrogens (tertiary/aromatic N) is 2. The molecule has 102 valence electrons. The lowest BCUT2D eigenvalue weighted by molar-refractivity contribution is -0.128. The first-order valence-electron chi connectivity index (χ1n) is 5.61. The van der Waals surface area contributed by atoms with Gasteiger partial charge in [0, 0.05) is 26.0 Å². The van der Waals surface area contributed by atoms with E-state index in [1.165, 1.54) is 12.4 Å². The van der Waals surface area contributed by atoms with Crippen molar-refractivity contribution in [3.8, 4) is 0 Å². The van der Waals surface area contributed by atoms with E-state index in [1.807, 2.05) is 0 Å². The molecule has 0 bridgehead atoms. The van der Waals surface area contributed by atoms with Gasteiger partial charge in [-0.05, 0) is 13.8 Å². The van der Waals surface area contributed by atoms with Crippen LogP contribution < -0.4 is 10.6 Å². The summed E-state index contributed by atoms with van der Waals surface area (Å²) in [6.45, 7) is 1.52. The van der Waals surface area contributed by atoms with E-state index in [4.69, 9.17) is 0 Å². The van der Waals surface area contributed by atoms with Crippen molar-refractivity contribution >= 4 is 5.91 Å². The van der Waals surface area contributed by atoms with Crippen LogP contribution in [0, 0.1) is 5.41 Å². The summed E-state index contributed by atoms with van der Waals surface area (Å²) >= 11 is 0. The quantitative estimate of drug-likeness (QED) is 0.806. The average Bonchev–Trinajstić information content (AvgIpc) is 2.76. The topological polar surface area (TPSA) is 59.0 Å². The Kier molecular flexibility index (Phi) is 4.77. The number of alkyl halides is 2. The highest BCUT2D eigenvalue weighted by molar-refractivity contribution is 5.81. The van der Waals surface area contributed by atoms with E-state index in [0.29, 0.717) is 6.54 Å². The summed E-state index contributed by atoms with van der Waals surface area (Å²) in [6, 6.07) is 0. The molecule has 0 aliphatic heterocycles. The van der Waals surface area contributed by atoms with Crippen LogP contribution in [0.2, 0.25) is 0 Å². The van der Waals surface area contributed by atoms with E-state index >= 15 is 0 Å². The van der Waals surface area contributed by atoms with Crippen molar-refractivity contribution in [2.45, 2.75) is 26.9 Å². The van der Waals surface area contributed by atoms with Crippen molar-refractivity contribution in [1.82, 2.24) is 20.2 Å². The van der Waals surface area contributed by atoms with Crippen molar-refractivity contribution in [3.05, 3.63) is 18.2 Å². The molecule has 1 aromatic heterocycles. The fourth-order valence-corrected chi connectivity index (χ4v) is 1.56. The molecule has 0 unspecified atom stereocenters. The standard InChI is InChI=1S/C11H18F2N4O/c1-11(2,9(18)14-3)7-15-6-8-16-4-5-17(8)10(12)13/h4-5,10,15H,6-7H2,1-3H3,(H,14,18). The number of imidazole rings is 1. The zero-order chi connectivity index (χ0) is 13.8. The highest BCUT2D eigenvalue weighted by atomic mass is 19.3. The Hall–Kier alpha value is -1.50. The second-order valence-corrected chi connectivity index (χ2v) is 4.59. The predicted molar refractivity (Wildman–Crippen MR) is 63.0 cm³/mol. The number of aromatic nitrogens is 2. The maximum atomic E-state index is 12.5. The van der Waals surface area contributed by atoms with Crippen molar-refractivity contribution in [2.24, 2.45) is 5.41 Å². The van der Waals surface area contributed by atoms with E-state index < -0.39 is 12.0 Å². The minimum atomic E-state index is -2.60. The summed E-state index contributed by atoms with van der Waals surface area (Å²) < 4.78 is 25.9. The van der Waals surface area contributed by atoms with Gasteiger partial charge in [0.25, 0.3) is 0 Å². The van der Waals surface area contributed by atoms with E-state index in [2.05, 4.69) is 15.6 Å². The summed E-state index contributed by atoms with van der Waals surface area (Å²) in [5.74, 6) is 0.143. The number of hydrogen-bond donors (Lipinski definition) is 2. The highest BCUT2D eigenvalue weighted by Gasteiger charge is 2.26. The molecule has 5 nitrogen and oxygen atoms in total. The van der Waals surface area contributed by atoms with Crippen molar-refractivity contribution < 1.29 is 13.6 Å². The first-order chi connectivity index (χ1) is 8.38. The number of hydrogen-bond acceptors (Lipinski definition) is 3. The summed E-state index contributed by atoms with van der Waals surface area (Å²) in [5.41, 5.74) is -0.600. The number of nitrogens with one attached hydrogen (secondary N) is 2. The molecule has 0 saturated carbocycles. The van der Waals surface area contributed by atoms with Crippen LogP contribution in [0.25, 0.3) is 0 Å². The third-order valence-electron chi connectivity index (χ3n) is 2.65. The molecule has 0 fully saturated rings. The Morgan fingerprint density at radius 2 is 2.22 bits per heavy atom. The first-order valence-corrected chi connectivity index (χ1v) is 5.61. The molecule has 0 saturated heterocycles. The van der Waals surface area contributed by atoms with Gasteiger partial charge in [-0.15, -0.1) is 0 Å². The molecule has 0 aliphatic carbocycles. The van der Waals surface area contributed by atoms with Crippen LogP contribution in [-0.4, -0.2) is 29.1 Å². The van der Waals surface area contributed by atoms with Crippen LogP contribution in [0.15, 0.2) is 12.4 Å². The zero-order valence-electron chi connectivity index (χ0n) is 10.7. The van der Waals surface area contributed by atoms with E-state index in [9.17, 15) is 13.6 Å². The Morgan fingerprint density at radius 1 is 1.56 bits per heavy atom. The lowest BCUT2D eigenvalue weighted by Crippen LogP contribution is -2.42. The maximum Gasteiger partial charge on any atom is 0.319 e. The molecule has 1 rings (SSSR count). The Bertz CT molecular complexity index is 404. The maximum absolute atomic E-state index is 12.5. The molecule has 7 heteroatoms. The van der Waals surface area contributed by atoms with Gasteiger partial charge in [-0.25, -0.2) is 4.98 Å². The van der Waals surface area contributed by atoms with Gasteiger partial charge in [-0.2, -0.15) is 8.78 Å². The number of rotatable bonds is 6. The second-order valence-electron chi connectivity index (χ2n) is 4.59. The van der Waals surface area contributed by atoms with Crippen LogP contribution in [0.1, 0.15) is 26.2 Å². The van der Waals surface area contributed by atoms with Gasteiger partial charge < -0.3 is 10.6 Å². The van der Waals surface area contributed by atoms with Crippen LogP contribution >= 0.6 is 0 Å². The summed E-state index contributed by atoms with van der Waals surface area (Å²) in [6.07, 6.45) is 2.55. The second kappa shape index (κ2) is 5.90. The largest absolute Gasteiger partial charge is 0.359 e. The van der Waals surface area contributed by atoms with Crippen molar-refractivity contribution in [1.29, 1.82) is 0 Å². The van der Waals surface area contributed by atoms with Crippen LogP contribution in [-0.2, 0) is 11.3 Å². The van der Waals surface area contributed by atoms with Gasteiger partial charge in [0.15, 0.2) is 0 Å². The SMILES string of the molecule is CNC(=O)C(C)(C)CNCc1nccn1C(F)F. The molecule has 0 aromatic carbocycles. The highest BCUT2D eigenvalue weighted by Crippen LogP contribution is 2.15. The summed E-state index contributed by atoms with van der Waals surface area (Å²) in [5, 5.41) is 5.52. The molecular weight excluding hydrogens is 242 g/mol. The predicted octanol–water partition coefficient (Wildman–Crippen LogP) is 1.14. The fraction of sp³-hybridized carbons (Fsp3) is 0.636. The Morgan fingerprint density at radius 3 is 2.78 bits per heavy atom. The molecule has 0 radical (unpaired) electrons. The minimum absolute atomic E-state index is 0.104. The Labute approximate surface area is 105 Å². The average molecular weight is 260 g/mol. The van der Waals surface area contributed by atoms with Crippen molar-refractivity contribution in [3.63, 3.8) is 0 Å². The molecule has 1 aromatic rings. The molecule has 0 spiro atoms. The zero-order valence-corrected chi connectivity index (χ0v) is 10.7. The molecular formula is C11H18F2N4O. The third-order valence-corrected chi connectivity index (χ3v) is 2.65. The third kappa shape index (κ3) is 3.49. The molecule has 18 heavy (non-hydrogen) atoms. The molecule has 1 amide bonds. The molecule has 2 N–H and O–H groups in total. The van der Waals surface area contributed by atoms with Gasteiger partial charge in [0.2, 0.25) is 5.91 Å². The number of amides is 1. The van der Waals surface area contributed by atoms with Crippen LogP contribution in [0.5, 0.6) is 0 Å². The van der Waals surface area contributed by atoms with E-state index in [0.717, 1.165) is 4.57 Å². The first kappa shape index (κ1) is 14.6. The van der Waals surface area contributed by atoms with E-state index in [-0.39, 0.29) is 18.3 Å². The van der Waals surface area contributed by atoms with Crippen molar-refractivity contribution in [2.75, 3.05) is 13.6 Å². The van der Waals surface area contributed by atoms with E-state index in [1.54, 1.807) is 20.9 Å². The molecule has 1 heterocycles. The minimum Gasteiger partial charge on any atom is -0.359 e. The van der Waals surface area contributed by atoms with Gasteiger partial charge >= 0.3 is 6.55 Å². The van der Waals surface area contributed by atoms with Gasteiger partial charge in [-0.1, -0.05) is 0 Å². The van der Waals surface area contributed by atoms with Crippen LogP contribution in [0.4, 0.5) is 8.78 Å². The summed E-state index contributed by atoms with van der Waals surface area (Å²) in [7, 11) is 1.56. The lowest BCUT2D eigenvalue weighted by Gasteiger charge is -2.22. The monoisotopic (exact) mass is 260 g/mol. The number of carbonyl (C=O) groups excluding carboxylic acids is 1. The molecule has 0 aliphatic rings. The summed E-state index contributed by atoms with van der Waals surface area (Å²) in [4.78, 5) is 15.4.